The molecule has 2 aromatic rings. The molecule has 0 radical (unpaired) electrons. The summed E-state index contributed by atoms with van der Waals surface area (Å²) in [4.78, 5) is 3.18. The zero-order valence-corrected chi connectivity index (χ0v) is 10.3. The van der Waals surface area contributed by atoms with Crippen molar-refractivity contribution in [1.29, 1.82) is 0 Å². The van der Waals surface area contributed by atoms with E-state index in [1.807, 2.05) is 48.5 Å². The number of nitrogens with two attached hydrogens (primary N) is 1. The van der Waals surface area contributed by atoms with Crippen molar-refractivity contribution in [3.8, 4) is 0 Å². The van der Waals surface area contributed by atoms with Crippen molar-refractivity contribution >= 4 is 11.4 Å². The summed E-state index contributed by atoms with van der Waals surface area (Å²) in [7, 11) is 0. The van der Waals surface area contributed by atoms with E-state index >= 15 is 0 Å². The molecule has 0 aliphatic rings. The standard InChI is InChI=1S/C15H15N3/c1-11(18-17)13-8-6-12(7-9-13)10-14-4-2-3-5-15(14)16/h2-9H,10,16H2,1H3. The SMILES string of the molecule is CC(=[N+]=[N-])c1ccc(Cc2ccccc2N)cc1. The molecule has 3 nitrogen and oxygen atoms in total. The van der Waals surface area contributed by atoms with Gasteiger partial charge in [0, 0.05) is 12.6 Å². The molecule has 0 aromatic heterocycles. The summed E-state index contributed by atoms with van der Waals surface area (Å²) in [6, 6.07) is 15.8. The Kier molecular flexibility index (Phi) is 3.56. The fraction of sp³-hybridized carbons (Fsp3) is 0.133. The molecule has 0 fully saturated rings. The Morgan fingerprint density at radius 1 is 1.11 bits per heavy atom. The summed E-state index contributed by atoms with van der Waals surface area (Å²) in [6.45, 7) is 1.77. The Labute approximate surface area is 107 Å². The Balaban J connectivity index is 2.21. The molecule has 0 amide bonds. The average molecular weight is 237 g/mol. The number of para-hydroxylation sites is 1. The van der Waals surface area contributed by atoms with Crippen molar-refractivity contribution in [2.75, 3.05) is 5.73 Å². The van der Waals surface area contributed by atoms with E-state index in [0.29, 0.717) is 5.71 Å². The Bertz CT molecular complexity index is 593. The van der Waals surface area contributed by atoms with Gasteiger partial charge in [0.25, 0.3) is 5.71 Å². The lowest BCUT2D eigenvalue weighted by atomic mass is 10.0. The maximum atomic E-state index is 8.70. The number of hydrogen-bond donors (Lipinski definition) is 1. The first-order valence-corrected chi connectivity index (χ1v) is 5.82. The van der Waals surface area contributed by atoms with E-state index in [9.17, 15) is 0 Å². The molecule has 0 heterocycles. The van der Waals surface area contributed by atoms with E-state index in [2.05, 4.69) is 4.79 Å². The van der Waals surface area contributed by atoms with Crippen LogP contribution in [0.5, 0.6) is 0 Å². The molecule has 0 aliphatic carbocycles. The van der Waals surface area contributed by atoms with Crippen molar-refractivity contribution in [1.82, 2.24) is 0 Å². The molecular weight excluding hydrogens is 222 g/mol. The smallest absolute Gasteiger partial charge is 0.296 e. The van der Waals surface area contributed by atoms with Gasteiger partial charge >= 0.3 is 0 Å². The summed E-state index contributed by atoms with van der Waals surface area (Å²) in [5.41, 5.74) is 19.3. The Hall–Kier alpha value is -2.38. The molecular formula is C15H15N3. The molecule has 0 saturated heterocycles. The second-order valence-electron chi connectivity index (χ2n) is 4.26. The Morgan fingerprint density at radius 3 is 2.39 bits per heavy atom. The number of nitrogen functional groups attached to an aromatic ring is 1. The molecule has 0 atom stereocenters. The minimum atomic E-state index is 0.612. The van der Waals surface area contributed by atoms with Crippen LogP contribution in [0.15, 0.2) is 48.5 Å². The third-order valence-electron chi connectivity index (χ3n) is 2.97. The van der Waals surface area contributed by atoms with Crippen molar-refractivity contribution in [2.45, 2.75) is 13.3 Å². The lowest BCUT2D eigenvalue weighted by Gasteiger charge is -2.05. The number of benzene rings is 2. The lowest BCUT2D eigenvalue weighted by molar-refractivity contribution is -0.00460. The highest BCUT2D eigenvalue weighted by molar-refractivity contribution is 5.94. The van der Waals surface area contributed by atoms with Crippen LogP contribution in [0.3, 0.4) is 0 Å². The van der Waals surface area contributed by atoms with Gasteiger partial charge < -0.3 is 11.3 Å². The molecule has 0 aliphatic heterocycles. The van der Waals surface area contributed by atoms with Gasteiger partial charge in [-0.1, -0.05) is 30.3 Å². The van der Waals surface area contributed by atoms with Crippen LogP contribution < -0.4 is 5.73 Å². The molecule has 0 unspecified atom stereocenters. The van der Waals surface area contributed by atoms with Gasteiger partial charge in [0.2, 0.25) is 0 Å². The molecule has 3 heteroatoms. The lowest BCUT2D eigenvalue weighted by Crippen LogP contribution is -1.98. The minimum absolute atomic E-state index is 0.612. The summed E-state index contributed by atoms with van der Waals surface area (Å²) in [5.74, 6) is 0. The molecule has 0 bridgehead atoms. The van der Waals surface area contributed by atoms with Gasteiger partial charge in [-0.25, -0.2) is 0 Å². The van der Waals surface area contributed by atoms with E-state index in [1.165, 1.54) is 5.56 Å². The topological polar surface area (TPSA) is 62.4 Å². The van der Waals surface area contributed by atoms with E-state index in [-0.39, 0.29) is 0 Å². The highest BCUT2D eigenvalue weighted by Crippen LogP contribution is 2.16. The van der Waals surface area contributed by atoms with Crippen molar-refractivity contribution < 1.29 is 4.79 Å². The molecule has 0 saturated carbocycles. The monoisotopic (exact) mass is 237 g/mol. The minimum Gasteiger partial charge on any atom is -0.398 e. The molecule has 2 N–H and O–H groups in total. The summed E-state index contributed by atoms with van der Waals surface area (Å²) in [5, 5.41) is 0. The van der Waals surface area contributed by atoms with E-state index in [1.54, 1.807) is 6.92 Å². The van der Waals surface area contributed by atoms with Gasteiger partial charge in [-0.3, -0.25) is 0 Å². The van der Waals surface area contributed by atoms with Crippen LogP contribution in [-0.4, -0.2) is 10.5 Å². The zero-order valence-electron chi connectivity index (χ0n) is 10.3. The van der Waals surface area contributed by atoms with Crippen LogP contribution in [0.4, 0.5) is 5.69 Å². The van der Waals surface area contributed by atoms with Crippen molar-refractivity contribution in [3.05, 3.63) is 70.8 Å². The van der Waals surface area contributed by atoms with Crippen LogP contribution in [0.1, 0.15) is 23.6 Å². The predicted octanol–water partition coefficient (Wildman–Crippen LogP) is 2.90. The number of rotatable bonds is 3. The number of hydrogen-bond acceptors (Lipinski definition) is 1. The van der Waals surface area contributed by atoms with Crippen LogP contribution in [0.25, 0.3) is 5.53 Å². The van der Waals surface area contributed by atoms with Gasteiger partial charge in [-0.2, -0.15) is 4.79 Å². The van der Waals surface area contributed by atoms with Crippen LogP contribution in [0.2, 0.25) is 0 Å². The third kappa shape index (κ3) is 2.65. The van der Waals surface area contributed by atoms with Gasteiger partial charge in [-0.15, -0.1) is 0 Å². The van der Waals surface area contributed by atoms with Crippen molar-refractivity contribution in [3.63, 3.8) is 0 Å². The predicted molar refractivity (Wildman–Crippen MR) is 73.5 cm³/mol. The van der Waals surface area contributed by atoms with E-state index in [0.717, 1.165) is 23.2 Å². The normalized spacial score (nSPS) is 9.83. The van der Waals surface area contributed by atoms with Gasteiger partial charge in [0.05, 0.1) is 5.56 Å². The van der Waals surface area contributed by atoms with Gasteiger partial charge in [-0.05, 0) is 35.7 Å². The second-order valence-corrected chi connectivity index (χ2v) is 4.26. The van der Waals surface area contributed by atoms with Gasteiger partial charge in [0.1, 0.15) is 0 Å². The first-order valence-electron chi connectivity index (χ1n) is 5.82. The Morgan fingerprint density at radius 2 is 1.78 bits per heavy atom. The highest BCUT2D eigenvalue weighted by Gasteiger charge is 2.05. The first kappa shape index (κ1) is 12.1. The molecule has 0 spiro atoms. The maximum absolute atomic E-state index is 8.70. The van der Waals surface area contributed by atoms with Crippen molar-refractivity contribution in [2.24, 2.45) is 0 Å². The van der Waals surface area contributed by atoms with Crippen LogP contribution in [0, 0.1) is 0 Å². The van der Waals surface area contributed by atoms with E-state index in [4.69, 9.17) is 11.3 Å². The second kappa shape index (κ2) is 5.30. The summed E-state index contributed by atoms with van der Waals surface area (Å²) < 4.78 is 0. The number of anilines is 1. The molecule has 2 aromatic carbocycles. The first-order chi connectivity index (χ1) is 8.70. The fourth-order valence-electron chi connectivity index (χ4n) is 1.84. The fourth-order valence-corrected chi connectivity index (χ4v) is 1.84. The largest absolute Gasteiger partial charge is 0.398 e. The molecule has 90 valence electrons. The van der Waals surface area contributed by atoms with Gasteiger partial charge in [0.15, 0.2) is 0 Å². The molecule has 2 rings (SSSR count). The quantitative estimate of drug-likeness (QED) is 0.379. The van der Waals surface area contributed by atoms with Crippen LogP contribution >= 0.6 is 0 Å². The number of nitrogens with zero attached hydrogens (tertiary/aromatic N) is 2. The average Bonchev–Trinajstić information content (AvgIpc) is 2.41. The highest BCUT2D eigenvalue weighted by atomic mass is 14.8. The maximum Gasteiger partial charge on any atom is 0.296 e. The third-order valence-corrected chi connectivity index (χ3v) is 2.97. The summed E-state index contributed by atoms with van der Waals surface area (Å²) in [6.07, 6.45) is 0.808. The van der Waals surface area contributed by atoms with Crippen LogP contribution in [-0.2, 0) is 6.42 Å². The van der Waals surface area contributed by atoms with E-state index < -0.39 is 0 Å². The molecule has 18 heavy (non-hydrogen) atoms. The zero-order chi connectivity index (χ0) is 13.0. The summed E-state index contributed by atoms with van der Waals surface area (Å²) >= 11 is 0.